The van der Waals surface area contributed by atoms with E-state index in [1.54, 1.807) is 24.4 Å². The molecule has 17 heavy (non-hydrogen) atoms. The Morgan fingerprint density at radius 3 is 2.94 bits per heavy atom. The molecule has 0 spiro atoms. The smallest absolute Gasteiger partial charge is 0.266 e. The van der Waals surface area contributed by atoms with E-state index in [0.29, 0.717) is 9.90 Å². The number of hydrazone groups is 1. The van der Waals surface area contributed by atoms with Gasteiger partial charge in [0, 0.05) is 5.02 Å². The van der Waals surface area contributed by atoms with Gasteiger partial charge in [0.15, 0.2) is 0 Å². The van der Waals surface area contributed by atoms with Crippen LogP contribution in [0.1, 0.15) is 15.2 Å². The molecule has 0 aliphatic carbocycles. The van der Waals surface area contributed by atoms with E-state index in [9.17, 15) is 4.79 Å². The molecule has 1 aromatic heterocycles. The maximum Gasteiger partial charge on any atom is 0.281 e. The highest BCUT2D eigenvalue weighted by Crippen LogP contribution is 2.09. The number of thiophene rings is 1. The van der Waals surface area contributed by atoms with Crippen LogP contribution >= 0.6 is 22.9 Å². The molecule has 0 saturated carbocycles. The minimum Gasteiger partial charge on any atom is -0.266 e. The molecule has 1 N–H and O–H groups in total. The number of carbonyl (C=O) groups is 1. The Labute approximate surface area is 108 Å². The Morgan fingerprint density at radius 2 is 2.24 bits per heavy atom. The van der Waals surface area contributed by atoms with Crippen LogP contribution in [0.15, 0.2) is 46.9 Å². The minimum absolute atomic E-state index is 0.210. The molecular weight excluding hydrogens is 256 g/mol. The Balaban J connectivity index is 1.96. The van der Waals surface area contributed by atoms with Gasteiger partial charge in [0.25, 0.3) is 5.91 Å². The van der Waals surface area contributed by atoms with Crippen LogP contribution in [-0.4, -0.2) is 12.1 Å². The van der Waals surface area contributed by atoms with Crippen molar-refractivity contribution in [3.05, 3.63) is 57.2 Å². The lowest BCUT2D eigenvalue weighted by Crippen LogP contribution is -2.16. The van der Waals surface area contributed by atoms with Crippen molar-refractivity contribution in [2.45, 2.75) is 0 Å². The summed E-state index contributed by atoms with van der Waals surface area (Å²) in [6, 6.07) is 10.8. The quantitative estimate of drug-likeness (QED) is 0.671. The molecular formula is C12H9ClN2OS. The highest BCUT2D eigenvalue weighted by atomic mass is 35.5. The highest BCUT2D eigenvalue weighted by Gasteiger charge is 2.03. The molecule has 0 aliphatic heterocycles. The number of nitrogens with zero attached hydrogens (tertiary/aromatic N) is 1. The highest BCUT2D eigenvalue weighted by molar-refractivity contribution is 7.12. The first-order chi connectivity index (χ1) is 8.25. The average molecular weight is 265 g/mol. The topological polar surface area (TPSA) is 41.5 Å². The van der Waals surface area contributed by atoms with E-state index in [0.717, 1.165) is 5.56 Å². The van der Waals surface area contributed by atoms with Crippen molar-refractivity contribution in [1.82, 2.24) is 5.43 Å². The molecule has 1 aromatic carbocycles. The zero-order valence-corrected chi connectivity index (χ0v) is 10.3. The van der Waals surface area contributed by atoms with Crippen LogP contribution in [0.3, 0.4) is 0 Å². The number of hydrogen-bond donors (Lipinski definition) is 1. The second-order valence-corrected chi connectivity index (χ2v) is 4.62. The lowest BCUT2D eigenvalue weighted by molar-refractivity contribution is 0.0959. The van der Waals surface area contributed by atoms with Gasteiger partial charge in [0.05, 0.1) is 11.1 Å². The Morgan fingerprint density at radius 1 is 1.35 bits per heavy atom. The molecule has 0 radical (unpaired) electrons. The minimum atomic E-state index is -0.210. The summed E-state index contributed by atoms with van der Waals surface area (Å²) >= 11 is 7.19. The molecule has 3 nitrogen and oxygen atoms in total. The Bertz CT molecular complexity index is 537. The van der Waals surface area contributed by atoms with Gasteiger partial charge in [-0.05, 0) is 29.1 Å². The standard InChI is InChI=1S/C12H9ClN2OS/c13-10-4-1-3-9(7-10)8-14-15-12(16)11-5-2-6-17-11/h1-8H,(H,15,16)/b14-8+. The van der Waals surface area contributed by atoms with Crippen molar-refractivity contribution >= 4 is 35.1 Å². The summed E-state index contributed by atoms with van der Waals surface area (Å²) < 4.78 is 0. The molecule has 5 heteroatoms. The van der Waals surface area contributed by atoms with Gasteiger partial charge in [-0.15, -0.1) is 11.3 Å². The van der Waals surface area contributed by atoms with Gasteiger partial charge in [0.1, 0.15) is 0 Å². The van der Waals surface area contributed by atoms with E-state index in [1.165, 1.54) is 11.3 Å². The van der Waals surface area contributed by atoms with Crippen molar-refractivity contribution < 1.29 is 4.79 Å². The second-order valence-electron chi connectivity index (χ2n) is 3.23. The SMILES string of the molecule is O=C(N/N=C/c1cccc(Cl)c1)c1cccs1. The number of benzene rings is 1. The van der Waals surface area contributed by atoms with Crippen molar-refractivity contribution in [1.29, 1.82) is 0 Å². The van der Waals surface area contributed by atoms with Gasteiger partial charge in [0.2, 0.25) is 0 Å². The van der Waals surface area contributed by atoms with Crippen LogP contribution in [-0.2, 0) is 0 Å². The normalized spacial score (nSPS) is 10.6. The lowest BCUT2D eigenvalue weighted by Gasteiger charge is -1.96. The summed E-state index contributed by atoms with van der Waals surface area (Å²) in [5.74, 6) is -0.210. The van der Waals surface area contributed by atoms with E-state index in [2.05, 4.69) is 10.5 Å². The van der Waals surface area contributed by atoms with E-state index < -0.39 is 0 Å². The number of rotatable bonds is 3. The number of amides is 1. The van der Waals surface area contributed by atoms with Gasteiger partial charge in [-0.25, -0.2) is 5.43 Å². The lowest BCUT2D eigenvalue weighted by atomic mass is 10.2. The fourth-order valence-corrected chi connectivity index (χ4v) is 2.03. The molecule has 86 valence electrons. The largest absolute Gasteiger partial charge is 0.281 e. The third-order valence-corrected chi connectivity index (χ3v) is 3.08. The molecule has 2 rings (SSSR count). The number of hydrogen-bond acceptors (Lipinski definition) is 3. The third-order valence-electron chi connectivity index (χ3n) is 1.97. The number of halogens is 1. The van der Waals surface area contributed by atoms with Crippen LogP contribution in [0.4, 0.5) is 0 Å². The van der Waals surface area contributed by atoms with E-state index >= 15 is 0 Å². The summed E-state index contributed by atoms with van der Waals surface area (Å²) in [5, 5.41) is 6.34. The Hall–Kier alpha value is -1.65. The van der Waals surface area contributed by atoms with Crippen molar-refractivity contribution in [3.8, 4) is 0 Å². The molecule has 0 unspecified atom stereocenters. The van der Waals surface area contributed by atoms with Gasteiger partial charge in [-0.1, -0.05) is 29.8 Å². The predicted octanol–water partition coefficient (Wildman–Crippen LogP) is 3.17. The van der Waals surface area contributed by atoms with Crippen LogP contribution in [0.25, 0.3) is 0 Å². The van der Waals surface area contributed by atoms with E-state index in [-0.39, 0.29) is 5.91 Å². The summed E-state index contributed by atoms with van der Waals surface area (Å²) in [6.45, 7) is 0. The molecule has 0 aliphatic rings. The van der Waals surface area contributed by atoms with Crippen molar-refractivity contribution in [3.63, 3.8) is 0 Å². The summed E-state index contributed by atoms with van der Waals surface area (Å²) in [5.41, 5.74) is 3.29. The fourth-order valence-electron chi connectivity index (χ4n) is 1.22. The first-order valence-corrected chi connectivity index (χ1v) is 6.14. The van der Waals surface area contributed by atoms with Gasteiger partial charge in [-0.3, -0.25) is 4.79 Å². The van der Waals surface area contributed by atoms with Gasteiger partial charge in [-0.2, -0.15) is 5.10 Å². The summed E-state index contributed by atoms with van der Waals surface area (Å²) in [7, 11) is 0. The maximum atomic E-state index is 11.5. The van der Waals surface area contributed by atoms with Crippen molar-refractivity contribution in [2.75, 3.05) is 0 Å². The van der Waals surface area contributed by atoms with E-state index in [4.69, 9.17) is 11.6 Å². The van der Waals surface area contributed by atoms with Gasteiger partial charge >= 0.3 is 0 Å². The summed E-state index contributed by atoms with van der Waals surface area (Å²) in [4.78, 5) is 12.2. The molecule has 2 aromatic rings. The van der Waals surface area contributed by atoms with Crippen LogP contribution < -0.4 is 5.43 Å². The Kier molecular flexibility index (Phi) is 3.90. The predicted molar refractivity (Wildman–Crippen MR) is 70.8 cm³/mol. The molecule has 0 saturated heterocycles. The molecule has 1 heterocycles. The summed E-state index contributed by atoms with van der Waals surface area (Å²) in [6.07, 6.45) is 1.55. The van der Waals surface area contributed by atoms with Crippen molar-refractivity contribution in [2.24, 2.45) is 5.10 Å². The first-order valence-electron chi connectivity index (χ1n) is 4.88. The van der Waals surface area contributed by atoms with Crippen LogP contribution in [0.5, 0.6) is 0 Å². The van der Waals surface area contributed by atoms with Crippen LogP contribution in [0.2, 0.25) is 5.02 Å². The van der Waals surface area contributed by atoms with Crippen LogP contribution in [0, 0.1) is 0 Å². The van der Waals surface area contributed by atoms with Gasteiger partial charge < -0.3 is 0 Å². The second kappa shape index (κ2) is 5.61. The average Bonchev–Trinajstić information content (AvgIpc) is 2.82. The fraction of sp³-hybridized carbons (Fsp3) is 0. The molecule has 0 fully saturated rings. The number of nitrogens with one attached hydrogen (secondary N) is 1. The molecule has 1 amide bonds. The molecule has 0 atom stereocenters. The monoisotopic (exact) mass is 264 g/mol. The van der Waals surface area contributed by atoms with E-state index in [1.807, 2.05) is 23.6 Å². The third kappa shape index (κ3) is 3.41. The zero-order chi connectivity index (χ0) is 12.1. The number of carbonyl (C=O) groups excluding carboxylic acids is 1. The first kappa shape index (κ1) is 11.8. The zero-order valence-electron chi connectivity index (χ0n) is 8.76. The molecule has 0 bridgehead atoms. The maximum absolute atomic E-state index is 11.5.